The fourth-order valence-electron chi connectivity index (χ4n) is 4.04. The summed E-state index contributed by atoms with van der Waals surface area (Å²) < 4.78 is 8.49. The van der Waals surface area contributed by atoms with Gasteiger partial charge in [-0.05, 0) is 26.2 Å². The van der Waals surface area contributed by atoms with Gasteiger partial charge < -0.3 is 13.9 Å². The number of ketones is 1. The molecule has 0 aliphatic carbocycles. The molecule has 0 aromatic carbocycles. The number of hydrogen-bond acceptors (Lipinski definition) is 7. The number of rotatable bonds is 7. The minimum atomic E-state index is -0.360. The van der Waals surface area contributed by atoms with E-state index < -0.39 is 0 Å². The molecular weight excluding hydrogens is 468 g/mol. The van der Waals surface area contributed by atoms with Gasteiger partial charge in [0.05, 0.1) is 12.7 Å². The fourth-order valence-corrected chi connectivity index (χ4v) is 4.04. The Hall–Kier alpha value is -4.03. The summed E-state index contributed by atoms with van der Waals surface area (Å²) in [5, 5.41) is 0. The minimum absolute atomic E-state index is 0.122. The third kappa shape index (κ3) is 4.86. The van der Waals surface area contributed by atoms with E-state index in [2.05, 4.69) is 9.97 Å². The van der Waals surface area contributed by atoms with Crippen LogP contribution < -0.4 is 22.5 Å². The maximum atomic E-state index is 12.6. The quantitative estimate of drug-likeness (QED) is 0.326. The Morgan fingerprint density at radius 2 is 1.39 bits per heavy atom. The van der Waals surface area contributed by atoms with Crippen molar-refractivity contribution >= 4 is 28.1 Å². The number of nitrogens with zero attached hydrogens (tertiary/aromatic N) is 8. The van der Waals surface area contributed by atoms with Gasteiger partial charge >= 0.3 is 11.4 Å². The number of hydrogen-bond donors (Lipinski definition) is 0. The second kappa shape index (κ2) is 10.7. The molecular formula is C23H32N8O5. The lowest BCUT2D eigenvalue weighted by Crippen LogP contribution is -2.39. The van der Waals surface area contributed by atoms with Gasteiger partial charge in [0, 0.05) is 47.7 Å². The summed E-state index contributed by atoms with van der Waals surface area (Å²) in [7, 11) is 6.40. The molecule has 0 saturated heterocycles. The van der Waals surface area contributed by atoms with Crippen molar-refractivity contribution in [3.8, 4) is 0 Å². The summed E-state index contributed by atoms with van der Waals surface area (Å²) in [6.45, 7) is 4.58. The lowest BCUT2D eigenvalue weighted by Gasteiger charge is -2.09. The van der Waals surface area contributed by atoms with Crippen molar-refractivity contribution in [3.05, 3.63) is 54.3 Å². The monoisotopic (exact) mass is 500 g/mol. The molecule has 4 aromatic rings. The van der Waals surface area contributed by atoms with E-state index in [1.165, 1.54) is 27.1 Å². The number of Topliss-reactive ketones (excluding diaryl/α,β-unsaturated/α-hetero) is 1. The molecule has 36 heavy (non-hydrogen) atoms. The standard InChI is InChI=1S/C15H22N4O3.C8H10N4O2/c1-4-8-18-10-16-13-12(18)14(21)19(15(22)17(13)3)9-6-5-7-11(2)20;1-10-4-9-6-5(10)7(13)12(3)8(14)11(6)2/h10H,4-9H2,1-3H3;4H,1-3H3. The van der Waals surface area contributed by atoms with Crippen LogP contribution in [0, 0.1) is 0 Å². The van der Waals surface area contributed by atoms with Crippen molar-refractivity contribution in [2.45, 2.75) is 52.6 Å². The van der Waals surface area contributed by atoms with E-state index in [-0.39, 0.29) is 28.3 Å². The van der Waals surface area contributed by atoms with Crippen LogP contribution in [0.25, 0.3) is 22.3 Å². The Bertz CT molecular complexity index is 1660. The zero-order valence-corrected chi connectivity index (χ0v) is 21.5. The maximum absolute atomic E-state index is 12.6. The van der Waals surface area contributed by atoms with Crippen molar-refractivity contribution in [3.63, 3.8) is 0 Å². The summed E-state index contributed by atoms with van der Waals surface area (Å²) in [6, 6.07) is 0. The Balaban J connectivity index is 0.000000221. The first-order valence-electron chi connectivity index (χ1n) is 11.7. The van der Waals surface area contributed by atoms with Crippen molar-refractivity contribution in [1.29, 1.82) is 0 Å². The van der Waals surface area contributed by atoms with Crippen LogP contribution in [0.5, 0.6) is 0 Å². The van der Waals surface area contributed by atoms with Crippen LogP contribution in [-0.4, -0.2) is 43.2 Å². The molecule has 0 amide bonds. The van der Waals surface area contributed by atoms with Crippen molar-refractivity contribution < 1.29 is 4.79 Å². The molecule has 4 aromatic heterocycles. The zero-order chi connectivity index (χ0) is 26.7. The van der Waals surface area contributed by atoms with Crippen molar-refractivity contribution in [2.75, 3.05) is 0 Å². The molecule has 4 heterocycles. The highest BCUT2D eigenvalue weighted by Crippen LogP contribution is 2.07. The molecule has 0 bridgehead atoms. The van der Waals surface area contributed by atoms with Gasteiger partial charge in [-0.1, -0.05) is 6.92 Å². The summed E-state index contributed by atoms with van der Waals surface area (Å²) in [5.74, 6) is 0.122. The first-order chi connectivity index (χ1) is 17.0. The number of carbonyl (C=O) groups excluding carboxylic acids is 1. The molecule has 0 aliphatic heterocycles. The molecule has 0 atom stereocenters. The molecule has 13 nitrogen and oxygen atoms in total. The molecule has 0 radical (unpaired) electrons. The largest absolute Gasteiger partial charge is 0.332 e. The number of imidazole rings is 2. The second-order valence-electron chi connectivity index (χ2n) is 8.80. The molecule has 0 fully saturated rings. The Morgan fingerprint density at radius 1 is 0.778 bits per heavy atom. The smallest absolute Gasteiger partial charge is 0.328 e. The highest BCUT2D eigenvalue weighted by molar-refractivity contribution is 5.75. The predicted octanol–water partition coefficient (Wildman–Crippen LogP) is 0.0367. The maximum Gasteiger partial charge on any atom is 0.332 e. The van der Waals surface area contributed by atoms with Crippen LogP contribution in [0.2, 0.25) is 0 Å². The van der Waals surface area contributed by atoms with Crippen molar-refractivity contribution in [1.82, 2.24) is 37.4 Å². The Kier molecular flexibility index (Phi) is 7.90. The highest BCUT2D eigenvalue weighted by atomic mass is 16.2. The molecule has 0 unspecified atom stereocenters. The first kappa shape index (κ1) is 26.6. The molecule has 0 saturated carbocycles. The molecule has 0 spiro atoms. The summed E-state index contributed by atoms with van der Waals surface area (Å²) in [4.78, 5) is 67.2. The van der Waals surface area contributed by atoms with Gasteiger partial charge in [0.25, 0.3) is 11.1 Å². The molecule has 0 aliphatic rings. The van der Waals surface area contributed by atoms with Crippen LogP contribution in [0.3, 0.4) is 0 Å². The SMILES string of the molecule is CCCn1cnc2c1c(=O)n(CCCCC(C)=O)c(=O)n2C.Cn1c(=O)c2c(ncn2C)n(C)c1=O. The van der Waals surface area contributed by atoms with Crippen LogP contribution in [-0.2, 0) is 46.1 Å². The number of aromatic nitrogens is 8. The third-order valence-corrected chi connectivity index (χ3v) is 6.04. The van der Waals surface area contributed by atoms with Gasteiger partial charge in [-0.3, -0.25) is 27.9 Å². The van der Waals surface area contributed by atoms with Gasteiger partial charge in [0.2, 0.25) is 0 Å². The van der Waals surface area contributed by atoms with Gasteiger partial charge in [-0.2, -0.15) is 0 Å². The summed E-state index contributed by atoms with van der Waals surface area (Å²) in [5.41, 5.74) is 0.410. The lowest BCUT2D eigenvalue weighted by atomic mass is 10.2. The lowest BCUT2D eigenvalue weighted by molar-refractivity contribution is -0.117. The Labute approximate surface area is 205 Å². The van der Waals surface area contributed by atoms with E-state index in [1.54, 1.807) is 43.5 Å². The molecule has 194 valence electrons. The Morgan fingerprint density at radius 3 is 2.03 bits per heavy atom. The van der Waals surface area contributed by atoms with E-state index in [4.69, 9.17) is 0 Å². The van der Waals surface area contributed by atoms with Gasteiger partial charge in [-0.25, -0.2) is 19.6 Å². The van der Waals surface area contributed by atoms with Crippen molar-refractivity contribution in [2.24, 2.45) is 28.2 Å². The molecule has 13 heteroatoms. The van der Waals surface area contributed by atoms with Crippen LogP contribution in [0.15, 0.2) is 31.8 Å². The number of unbranched alkanes of at least 4 members (excludes halogenated alkanes) is 1. The topological polar surface area (TPSA) is 141 Å². The van der Waals surface area contributed by atoms with Gasteiger partial charge in [0.15, 0.2) is 22.3 Å². The van der Waals surface area contributed by atoms with Gasteiger partial charge in [0.1, 0.15) is 5.78 Å². The third-order valence-electron chi connectivity index (χ3n) is 6.04. The molecule has 4 rings (SSSR count). The number of carbonyl (C=O) groups is 1. The van der Waals surface area contributed by atoms with E-state index in [9.17, 15) is 24.0 Å². The van der Waals surface area contributed by atoms with Crippen LogP contribution in [0.4, 0.5) is 0 Å². The van der Waals surface area contributed by atoms with Crippen LogP contribution in [0.1, 0.15) is 39.5 Å². The fraction of sp³-hybridized carbons (Fsp3) is 0.522. The normalized spacial score (nSPS) is 11.2. The van der Waals surface area contributed by atoms with E-state index in [1.807, 2.05) is 6.92 Å². The van der Waals surface area contributed by atoms with E-state index in [0.717, 1.165) is 11.0 Å². The predicted molar refractivity (Wildman–Crippen MR) is 135 cm³/mol. The zero-order valence-electron chi connectivity index (χ0n) is 21.5. The average molecular weight is 501 g/mol. The number of aryl methyl sites for hydroxylation is 4. The highest BCUT2D eigenvalue weighted by Gasteiger charge is 2.15. The second-order valence-corrected chi connectivity index (χ2v) is 8.80. The van der Waals surface area contributed by atoms with Gasteiger partial charge in [-0.15, -0.1) is 0 Å². The molecule has 0 N–H and O–H groups in total. The minimum Gasteiger partial charge on any atom is -0.328 e. The van der Waals surface area contributed by atoms with Crippen LogP contribution >= 0.6 is 0 Å². The first-order valence-corrected chi connectivity index (χ1v) is 11.7. The average Bonchev–Trinajstić information content (AvgIpc) is 3.44. The summed E-state index contributed by atoms with van der Waals surface area (Å²) >= 11 is 0. The van der Waals surface area contributed by atoms with E-state index >= 15 is 0 Å². The van der Waals surface area contributed by atoms with E-state index in [0.29, 0.717) is 54.7 Å². The number of fused-ring (bicyclic) bond motifs is 2. The summed E-state index contributed by atoms with van der Waals surface area (Å²) in [6.07, 6.45) is 5.79.